The molecule has 0 radical (unpaired) electrons. The van der Waals surface area contributed by atoms with E-state index in [2.05, 4.69) is 0 Å². The second-order valence-electron chi connectivity index (χ2n) is 4.93. The van der Waals surface area contributed by atoms with Crippen molar-refractivity contribution in [2.45, 2.75) is 11.8 Å². The zero-order valence-electron chi connectivity index (χ0n) is 10.9. The van der Waals surface area contributed by atoms with E-state index in [0.29, 0.717) is 16.8 Å². The smallest absolute Gasteiger partial charge is 0.372 e. The minimum Gasteiger partial charge on any atom is -0.372 e. The first-order chi connectivity index (χ1) is 9.78. The van der Waals surface area contributed by atoms with Gasteiger partial charge in [0.05, 0.1) is 5.69 Å². The van der Waals surface area contributed by atoms with E-state index in [1.807, 2.05) is 0 Å². The predicted octanol–water partition coefficient (Wildman–Crippen LogP) is 4.06. The fraction of sp³-hybridized carbons (Fsp3) is 0.200. The fourth-order valence-electron chi connectivity index (χ4n) is 2.85. The lowest BCUT2D eigenvalue weighted by atomic mass is 9.91. The molecule has 1 aliphatic rings. The van der Waals surface area contributed by atoms with Gasteiger partial charge in [0.15, 0.2) is 0 Å². The number of hydrogen-bond donors (Lipinski definition) is 1. The fourth-order valence-corrected chi connectivity index (χ4v) is 2.99. The summed E-state index contributed by atoms with van der Waals surface area (Å²) >= 11 is 5.93. The molecular weight excluding hydrogens is 303 g/mol. The number of benzene rings is 2. The van der Waals surface area contributed by atoms with Crippen LogP contribution in [-0.2, 0) is 5.60 Å². The number of alkyl halides is 3. The molecule has 0 aliphatic heterocycles. The van der Waals surface area contributed by atoms with E-state index >= 15 is 0 Å². The standard InChI is InChI=1S/C15H11ClF3NO/c1-20(16)12-8-4-7-11-13(12)9-5-2-3-6-10(9)14(11,21)15(17,18)19/h2-8,21H,1H3. The Bertz CT molecular complexity index is 714. The maximum Gasteiger partial charge on any atom is 0.425 e. The zero-order chi connectivity index (χ0) is 15.4. The third-order valence-electron chi connectivity index (χ3n) is 3.76. The first-order valence-corrected chi connectivity index (χ1v) is 6.54. The average Bonchev–Trinajstić information content (AvgIpc) is 2.70. The molecule has 3 rings (SSSR count). The molecule has 0 spiro atoms. The maximum absolute atomic E-state index is 13.5. The molecule has 0 bridgehead atoms. The predicted molar refractivity (Wildman–Crippen MR) is 75.2 cm³/mol. The summed E-state index contributed by atoms with van der Waals surface area (Å²) in [5, 5.41) is 10.5. The summed E-state index contributed by atoms with van der Waals surface area (Å²) in [6.45, 7) is 0. The number of aliphatic hydroxyl groups is 1. The third kappa shape index (κ3) is 1.77. The average molecular weight is 314 g/mol. The van der Waals surface area contributed by atoms with Crippen LogP contribution in [0.1, 0.15) is 11.1 Å². The van der Waals surface area contributed by atoms with Crippen LogP contribution in [-0.4, -0.2) is 18.3 Å². The number of rotatable bonds is 1. The highest BCUT2D eigenvalue weighted by Gasteiger charge is 2.61. The number of hydrogen-bond acceptors (Lipinski definition) is 2. The molecule has 2 nitrogen and oxygen atoms in total. The summed E-state index contributed by atoms with van der Waals surface area (Å²) < 4.78 is 41.8. The Labute approximate surface area is 124 Å². The molecule has 1 aliphatic carbocycles. The molecule has 0 saturated carbocycles. The van der Waals surface area contributed by atoms with E-state index in [0.717, 1.165) is 0 Å². The largest absolute Gasteiger partial charge is 0.425 e. The Morgan fingerprint density at radius 2 is 1.67 bits per heavy atom. The molecule has 110 valence electrons. The molecule has 0 aromatic heterocycles. The first kappa shape index (κ1) is 14.2. The van der Waals surface area contributed by atoms with E-state index in [9.17, 15) is 18.3 Å². The van der Waals surface area contributed by atoms with Crippen molar-refractivity contribution in [3.8, 4) is 11.1 Å². The summed E-state index contributed by atoms with van der Waals surface area (Å²) in [6, 6.07) is 10.3. The van der Waals surface area contributed by atoms with Crippen LogP contribution < -0.4 is 4.42 Å². The van der Waals surface area contributed by atoms with Crippen molar-refractivity contribution in [1.29, 1.82) is 0 Å². The summed E-state index contributed by atoms with van der Waals surface area (Å²) in [4.78, 5) is 0. The van der Waals surface area contributed by atoms with Crippen LogP contribution in [0.3, 0.4) is 0 Å². The Kier molecular flexibility index (Phi) is 2.97. The quantitative estimate of drug-likeness (QED) is 0.803. The second-order valence-corrected chi connectivity index (χ2v) is 5.44. The van der Waals surface area contributed by atoms with E-state index in [1.165, 1.54) is 35.7 Å². The van der Waals surface area contributed by atoms with Gasteiger partial charge in [-0.05, 0) is 11.6 Å². The van der Waals surface area contributed by atoms with Crippen molar-refractivity contribution in [2.75, 3.05) is 11.5 Å². The van der Waals surface area contributed by atoms with Gasteiger partial charge in [-0.3, -0.25) is 4.42 Å². The third-order valence-corrected chi connectivity index (χ3v) is 3.94. The molecule has 1 N–H and O–H groups in total. The number of nitrogens with zero attached hydrogens (tertiary/aromatic N) is 1. The molecule has 21 heavy (non-hydrogen) atoms. The minimum atomic E-state index is -4.82. The SMILES string of the molecule is CN(Cl)c1cccc2c1-c1ccccc1C2(O)C(F)(F)F. The van der Waals surface area contributed by atoms with Crippen LogP contribution in [0.5, 0.6) is 0 Å². The van der Waals surface area contributed by atoms with Crippen LogP contribution in [0.2, 0.25) is 0 Å². The van der Waals surface area contributed by atoms with Crippen LogP contribution in [0.15, 0.2) is 42.5 Å². The molecule has 0 saturated heterocycles. The summed E-state index contributed by atoms with van der Waals surface area (Å²) in [5.74, 6) is 0. The van der Waals surface area contributed by atoms with Crippen molar-refractivity contribution >= 4 is 17.5 Å². The molecule has 2 aromatic carbocycles. The lowest BCUT2D eigenvalue weighted by Gasteiger charge is -2.28. The van der Waals surface area contributed by atoms with Crippen LogP contribution in [0, 0.1) is 0 Å². The number of fused-ring (bicyclic) bond motifs is 3. The van der Waals surface area contributed by atoms with Gasteiger partial charge in [-0.2, -0.15) is 13.2 Å². The second kappa shape index (κ2) is 4.39. The molecular formula is C15H11ClF3NO. The molecule has 1 atom stereocenters. The van der Waals surface area contributed by atoms with Crippen LogP contribution in [0.25, 0.3) is 11.1 Å². The lowest BCUT2D eigenvalue weighted by Crippen LogP contribution is -2.41. The van der Waals surface area contributed by atoms with Crippen molar-refractivity contribution in [2.24, 2.45) is 0 Å². The van der Waals surface area contributed by atoms with Crippen LogP contribution in [0.4, 0.5) is 18.9 Å². The molecule has 0 amide bonds. The normalized spacial score (nSPS) is 20.1. The zero-order valence-corrected chi connectivity index (χ0v) is 11.7. The van der Waals surface area contributed by atoms with E-state index in [-0.39, 0.29) is 11.1 Å². The first-order valence-electron chi connectivity index (χ1n) is 6.20. The number of anilines is 1. The van der Waals surface area contributed by atoms with Gasteiger partial charge < -0.3 is 5.11 Å². The van der Waals surface area contributed by atoms with E-state index in [1.54, 1.807) is 18.2 Å². The topological polar surface area (TPSA) is 23.5 Å². The summed E-state index contributed by atoms with van der Waals surface area (Å²) in [7, 11) is 1.53. The van der Waals surface area contributed by atoms with Crippen molar-refractivity contribution in [3.63, 3.8) is 0 Å². The van der Waals surface area contributed by atoms with Crippen molar-refractivity contribution in [3.05, 3.63) is 53.6 Å². The highest BCUT2D eigenvalue weighted by Crippen LogP contribution is 2.57. The summed E-state index contributed by atoms with van der Waals surface area (Å²) in [6.07, 6.45) is -4.82. The highest BCUT2D eigenvalue weighted by molar-refractivity contribution is 6.26. The molecule has 0 fully saturated rings. The summed E-state index contributed by atoms with van der Waals surface area (Å²) in [5.41, 5.74) is -2.30. The Morgan fingerprint density at radius 1 is 1.05 bits per heavy atom. The van der Waals surface area contributed by atoms with Crippen LogP contribution >= 0.6 is 11.8 Å². The minimum absolute atomic E-state index is 0.168. The van der Waals surface area contributed by atoms with Gasteiger partial charge in [0.25, 0.3) is 0 Å². The lowest BCUT2D eigenvalue weighted by molar-refractivity contribution is -0.246. The van der Waals surface area contributed by atoms with Gasteiger partial charge in [-0.1, -0.05) is 36.4 Å². The van der Waals surface area contributed by atoms with Gasteiger partial charge in [0.1, 0.15) is 0 Å². The van der Waals surface area contributed by atoms with Gasteiger partial charge in [-0.15, -0.1) is 0 Å². The molecule has 1 unspecified atom stereocenters. The number of halogens is 4. The van der Waals surface area contributed by atoms with Gasteiger partial charge in [0, 0.05) is 35.5 Å². The van der Waals surface area contributed by atoms with Gasteiger partial charge in [0.2, 0.25) is 5.60 Å². The van der Waals surface area contributed by atoms with Gasteiger partial charge in [-0.25, -0.2) is 0 Å². The van der Waals surface area contributed by atoms with Crippen molar-refractivity contribution < 1.29 is 18.3 Å². The van der Waals surface area contributed by atoms with E-state index in [4.69, 9.17) is 11.8 Å². The Hall–Kier alpha value is -1.72. The highest BCUT2D eigenvalue weighted by atomic mass is 35.5. The molecule has 0 heterocycles. The molecule has 6 heteroatoms. The monoisotopic (exact) mass is 313 g/mol. The van der Waals surface area contributed by atoms with Gasteiger partial charge >= 0.3 is 6.18 Å². The van der Waals surface area contributed by atoms with E-state index < -0.39 is 11.8 Å². The maximum atomic E-state index is 13.5. The molecule has 2 aromatic rings. The Balaban J connectivity index is 2.44. The Morgan fingerprint density at radius 3 is 2.29 bits per heavy atom. The van der Waals surface area contributed by atoms with Crippen molar-refractivity contribution in [1.82, 2.24) is 0 Å².